The highest BCUT2D eigenvalue weighted by Gasteiger charge is 2.21. The van der Waals surface area contributed by atoms with E-state index in [1.807, 2.05) is 39.0 Å². The summed E-state index contributed by atoms with van der Waals surface area (Å²) in [6.07, 6.45) is 0.411. The Labute approximate surface area is 197 Å². The fourth-order valence-corrected chi connectivity index (χ4v) is 3.18. The first-order valence-electron chi connectivity index (χ1n) is 10.1. The molecule has 0 unspecified atom stereocenters. The van der Waals surface area contributed by atoms with E-state index in [0.29, 0.717) is 6.54 Å². The summed E-state index contributed by atoms with van der Waals surface area (Å²) in [5.74, 6) is 1.79. The van der Waals surface area contributed by atoms with Crippen molar-refractivity contribution < 1.29 is 14.3 Å². The van der Waals surface area contributed by atoms with Crippen LogP contribution in [-0.4, -0.2) is 76.0 Å². The van der Waals surface area contributed by atoms with Crippen LogP contribution in [0.1, 0.15) is 27.2 Å². The van der Waals surface area contributed by atoms with Crippen LogP contribution in [0.4, 0.5) is 10.5 Å². The highest BCUT2D eigenvalue weighted by Crippen LogP contribution is 2.28. The maximum Gasteiger partial charge on any atom is 0.407 e. The van der Waals surface area contributed by atoms with E-state index >= 15 is 0 Å². The van der Waals surface area contributed by atoms with Crippen molar-refractivity contribution in [1.29, 1.82) is 0 Å². The number of benzene rings is 1. The fraction of sp³-hybridized carbons (Fsp3) is 0.619. The highest BCUT2D eigenvalue weighted by molar-refractivity contribution is 14.0. The molecule has 1 heterocycles. The van der Waals surface area contributed by atoms with Crippen molar-refractivity contribution in [3.8, 4) is 5.75 Å². The molecule has 0 bridgehead atoms. The molecule has 1 saturated heterocycles. The van der Waals surface area contributed by atoms with E-state index in [1.54, 1.807) is 14.2 Å². The Bertz CT molecular complexity index is 685. The van der Waals surface area contributed by atoms with Gasteiger partial charge in [-0.25, -0.2) is 4.79 Å². The van der Waals surface area contributed by atoms with E-state index in [4.69, 9.17) is 9.47 Å². The Morgan fingerprint density at radius 3 is 2.33 bits per heavy atom. The fourth-order valence-electron chi connectivity index (χ4n) is 3.18. The van der Waals surface area contributed by atoms with Gasteiger partial charge < -0.3 is 29.9 Å². The monoisotopic (exact) mass is 533 g/mol. The molecule has 0 aliphatic carbocycles. The third-order valence-corrected chi connectivity index (χ3v) is 4.52. The minimum atomic E-state index is -0.476. The molecule has 8 nitrogen and oxygen atoms in total. The number of hydrogen-bond acceptors (Lipinski definition) is 5. The first-order chi connectivity index (χ1) is 13.8. The molecule has 1 aliphatic heterocycles. The van der Waals surface area contributed by atoms with Gasteiger partial charge in [-0.15, -0.1) is 24.0 Å². The third-order valence-electron chi connectivity index (χ3n) is 4.52. The molecule has 0 spiro atoms. The molecule has 30 heavy (non-hydrogen) atoms. The lowest BCUT2D eigenvalue weighted by Gasteiger charge is -2.38. The Morgan fingerprint density at radius 2 is 1.73 bits per heavy atom. The average Bonchev–Trinajstić information content (AvgIpc) is 2.69. The number of para-hydroxylation sites is 2. The van der Waals surface area contributed by atoms with E-state index in [9.17, 15) is 4.79 Å². The number of nitrogens with zero attached hydrogens (tertiary/aromatic N) is 3. The predicted molar refractivity (Wildman–Crippen MR) is 132 cm³/mol. The number of nitrogens with one attached hydrogen (secondary N) is 2. The molecule has 1 fully saturated rings. The molecular weight excluding hydrogens is 497 g/mol. The second kappa shape index (κ2) is 12.7. The van der Waals surface area contributed by atoms with Crippen molar-refractivity contribution in [2.45, 2.75) is 32.8 Å². The Kier molecular flexibility index (Phi) is 11.1. The Balaban J connectivity index is 0.00000450. The van der Waals surface area contributed by atoms with Gasteiger partial charge in [0.1, 0.15) is 11.4 Å². The van der Waals surface area contributed by atoms with Crippen molar-refractivity contribution in [3.63, 3.8) is 0 Å². The number of methoxy groups -OCH3 is 1. The van der Waals surface area contributed by atoms with Crippen LogP contribution in [0.15, 0.2) is 29.3 Å². The average molecular weight is 533 g/mol. The molecule has 2 rings (SSSR count). The van der Waals surface area contributed by atoms with Gasteiger partial charge in [-0.2, -0.15) is 0 Å². The number of halogens is 1. The van der Waals surface area contributed by atoms with Gasteiger partial charge in [0.15, 0.2) is 5.96 Å². The summed E-state index contributed by atoms with van der Waals surface area (Å²) < 4.78 is 10.7. The zero-order valence-corrected chi connectivity index (χ0v) is 21.1. The van der Waals surface area contributed by atoms with Crippen LogP contribution in [0, 0.1) is 0 Å². The van der Waals surface area contributed by atoms with Gasteiger partial charge in [0, 0.05) is 46.3 Å². The lowest BCUT2D eigenvalue weighted by atomic mass is 10.2. The maximum absolute atomic E-state index is 11.7. The second-order valence-electron chi connectivity index (χ2n) is 7.90. The van der Waals surface area contributed by atoms with Crippen LogP contribution in [0.2, 0.25) is 0 Å². The maximum atomic E-state index is 11.7. The molecular formula is C21H36IN5O3. The lowest BCUT2D eigenvalue weighted by molar-refractivity contribution is 0.0527. The van der Waals surface area contributed by atoms with Crippen LogP contribution < -0.4 is 20.3 Å². The van der Waals surface area contributed by atoms with Crippen LogP contribution >= 0.6 is 24.0 Å². The molecule has 1 aliphatic rings. The van der Waals surface area contributed by atoms with Gasteiger partial charge in [-0.05, 0) is 39.3 Å². The molecule has 1 aromatic carbocycles. The summed E-state index contributed by atoms with van der Waals surface area (Å²) in [6, 6.07) is 8.12. The quantitative estimate of drug-likeness (QED) is 0.254. The number of carbonyl (C=O) groups excluding carboxylic acids is 1. The van der Waals surface area contributed by atoms with E-state index < -0.39 is 5.60 Å². The van der Waals surface area contributed by atoms with Crippen molar-refractivity contribution >= 4 is 41.7 Å². The summed E-state index contributed by atoms with van der Waals surface area (Å²) in [4.78, 5) is 20.7. The van der Waals surface area contributed by atoms with E-state index in [0.717, 1.165) is 56.5 Å². The summed E-state index contributed by atoms with van der Waals surface area (Å²) >= 11 is 0. The van der Waals surface area contributed by atoms with Crippen LogP contribution in [-0.2, 0) is 4.74 Å². The summed E-state index contributed by atoms with van der Waals surface area (Å²) in [5, 5.41) is 6.15. The smallest absolute Gasteiger partial charge is 0.407 e. The van der Waals surface area contributed by atoms with Crippen molar-refractivity contribution in [2.75, 3.05) is 58.3 Å². The summed E-state index contributed by atoms with van der Waals surface area (Å²) in [6.45, 7) is 10.4. The number of hydrogen-bond donors (Lipinski definition) is 2. The second-order valence-corrected chi connectivity index (χ2v) is 7.90. The Hall–Kier alpha value is -1.91. The minimum Gasteiger partial charge on any atom is -0.495 e. The van der Waals surface area contributed by atoms with Gasteiger partial charge in [0.05, 0.1) is 12.8 Å². The number of amides is 1. The van der Waals surface area contributed by atoms with E-state index in [2.05, 4.69) is 31.5 Å². The molecule has 9 heteroatoms. The number of carbonyl (C=O) groups is 1. The number of alkyl carbamates (subject to hydrolysis) is 1. The number of ether oxygens (including phenoxy) is 2. The number of anilines is 1. The predicted octanol–water partition coefficient (Wildman–Crippen LogP) is 2.93. The van der Waals surface area contributed by atoms with Crippen LogP contribution in [0.3, 0.4) is 0 Å². The van der Waals surface area contributed by atoms with Gasteiger partial charge in [-0.3, -0.25) is 4.99 Å². The molecule has 0 atom stereocenters. The topological polar surface area (TPSA) is 78.4 Å². The minimum absolute atomic E-state index is 0. The summed E-state index contributed by atoms with van der Waals surface area (Å²) in [5.41, 5.74) is 0.654. The van der Waals surface area contributed by atoms with Gasteiger partial charge in [0.25, 0.3) is 0 Å². The molecule has 170 valence electrons. The molecule has 0 saturated carbocycles. The lowest BCUT2D eigenvalue weighted by Crippen LogP contribution is -2.52. The van der Waals surface area contributed by atoms with Crippen molar-refractivity contribution in [1.82, 2.24) is 15.5 Å². The normalized spacial score (nSPS) is 14.6. The van der Waals surface area contributed by atoms with E-state index in [1.165, 1.54) is 0 Å². The third kappa shape index (κ3) is 8.45. The van der Waals surface area contributed by atoms with E-state index in [-0.39, 0.29) is 30.1 Å². The highest BCUT2D eigenvalue weighted by atomic mass is 127. The van der Waals surface area contributed by atoms with Crippen molar-refractivity contribution in [2.24, 2.45) is 4.99 Å². The number of rotatable bonds is 6. The summed E-state index contributed by atoms with van der Waals surface area (Å²) in [7, 11) is 3.51. The number of aliphatic imine (C=N–C) groups is 1. The SMILES string of the molecule is CN=C(NCCCNC(=O)OC(C)(C)C)N1CCN(c2ccccc2OC)CC1.I. The largest absolute Gasteiger partial charge is 0.495 e. The zero-order chi connectivity index (χ0) is 21.3. The molecule has 0 aromatic heterocycles. The first kappa shape index (κ1) is 26.1. The standard InChI is InChI=1S/C21H35N5O3.HI/c1-21(2,3)29-20(27)24-12-8-11-23-19(22-4)26-15-13-25(14-16-26)17-9-6-7-10-18(17)28-5;/h6-7,9-10H,8,11-16H2,1-5H3,(H,22,23)(H,24,27);1H. The van der Waals surface area contributed by atoms with Crippen LogP contribution in [0.5, 0.6) is 5.75 Å². The first-order valence-corrected chi connectivity index (χ1v) is 10.1. The van der Waals surface area contributed by atoms with Gasteiger partial charge in [-0.1, -0.05) is 12.1 Å². The van der Waals surface area contributed by atoms with Gasteiger partial charge in [0.2, 0.25) is 0 Å². The number of guanidine groups is 1. The van der Waals surface area contributed by atoms with Gasteiger partial charge >= 0.3 is 6.09 Å². The molecule has 2 N–H and O–H groups in total. The van der Waals surface area contributed by atoms with Crippen molar-refractivity contribution in [3.05, 3.63) is 24.3 Å². The van der Waals surface area contributed by atoms with Crippen LogP contribution in [0.25, 0.3) is 0 Å². The molecule has 1 aromatic rings. The number of piperazine rings is 1. The molecule has 1 amide bonds. The Morgan fingerprint density at radius 1 is 1.10 bits per heavy atom. The molecule has 0 radical (unpaired) electrons. The zero-order valence-electron chi connectivity index (χ0n) is 18.7.